The third-order valence-electron chi connectivity index (χ3n) is 2.57. The monoisotopic (exact) mass is 352 g/mol. The summed E-state index contributed by atoms with van der Waals surface area (Å²) in [4.78, 5) is 4.39. The predicted molar refractivity (Wildman–Crippen MR) is 85.2 cm³/mol. The van der Waals surface area contributed by atoms with Gasteiger partial charge >= 0.3 is 0 Å². The van der Waals surface area contributed by atoms with Crippen molar-refractivity contribution < 1.29 is 9.47 Å². The number of hydrogen-bond donors (Lipinski definition) is 1. The van der Waals surface area contributed by atoms with Gasteiger partial charge in [0, 0.05) is 34.1 Å². The normalized spacial score (nSPS) is 10.1. The van der Waals surface area contributed by atoms with Gasteiger partial charge in [-0.3, -0.25) is 4.98 Å². The highest BCUT2D eigenvalue weighted by Gasteiger charge is 2.05. The van der Waals surface area contributed by atoms with Gasteiger partial charge in [-0.1, -0.05) is 12.2 Å². The number of benzene rings is 1. The molecule has 2 N–H and O–H groups in total. The largest absolute Gasteiger partial charge is 0.497 e. The summed E-state index contributed by atoms with van der Waals surface area (Å²) in [5.41, 5.74) is 7.30. The molecule has 0 aliphatic heterocycles. The molecule has 1 heterocycles. The number of nitrogens with two attached hydrogens (primary N) is 1. The van der Waals surface area contributed by atoms with Crippen molar-refractivity contribution in [1.82, 2.24) is 4.98 Å². The Balaban J connectivity index is 2.16. The first-order chi connectivity index (χ1) is 9.58. The number of halogens is 1. The Labute approximate surface area is 131 Å². The molecule has 20 heavy (non-hydrogen) atoms. The van der Waals surface area contributed by atoms with Crippen molar-refractivity contribution in [3.05, 3.63) is 52.3 Å². The molecule has 0 amide bonds. The average Bonchev–Trinajstić information content (AvgIpc) is 2.45. The molecule has 0 fully saturated rings. The number of nitrogens with zero attached hydrogens (tertiary/aromatic N) is 1. The molecule has 2 aromatic rings. The summed E-state index contributed by atoms with van der Waals surface area (Å²) < 4.78 is 11.8. The van der Waals surface area contributed by atoms with Crippen LogP contribution in [-0.2, 0) is 6.61 Å². The van der Waals surface area contributed by atoms with Crippen LogP contribution in [0.3, 0.4) is 0 Å². The molecule has 2 rings (SSSR count). The molecule has 1 aromatic carbocycles. The Morgan fingerprint density at radius 2 is 2.00 bits per heavy atom. The lowest BCUT2D eigenvalue weighted by Gasteiger charge is -2.10. The van der Waals surface area contributed by atoms with Crippen LogP contribution in [-0.4, -0.2) is 17.1 Å². The maximum Gasteiger partial charge on any atom is 0.124 e. The molecule has 0 aliphatic rings. The first-order valence-corrected chi connectivity index (χ1v) is 6.99. The molecule has 0 spiro atoms. The fourth-order valence-electron chi connectivity index (χ4n) is 1.62. The fraction of sp³-hybridized carbons (Fsp3) is 0.143. The Kier molecular flexibility index (Phi) is 4.92. The molecular formula is C14H13BrN2O2S. The lowest BCUT2D eigenvalue weighted by Crippen LogP contribution is -2.09. The molecule has 4 nitrogen and oxygen atoms in total. The molecule has 1 aromatic heterocycles. The van der Waals surface area contributed by atoms with Crippen molar-refractivity contribution in [2.24, 2.45) is 5.73 Å². The highest BCUT2D eigenvalue weighted by atomic mass is 79.9. The Morgan fingerprint density at radius 3 is 2.65 bits per heavy atom. The summed E-state index contributed by atoms with van der Waals surface area (Å²) in [6, 6.07) is 7.29. The van der Waals surface area contributed by atoms with Gasteiger partial charge in [0.2, 0.25) is 0 Å². The van der Waals surface area contributed by atoms with Gasteiger partial charge in [-0.2, -0.15) is 0 Å². The number of rotatable bonds is 5. The van der Waals surface area contributed by atoms with Crippen molar-refractivity contribution in [2.75, 3.05) is 7.11 Å². The first kappa shape index (κ1) is 14.7. The standard InChI is InChI=1S/C14H13BrN2O2S/c1-18-12-3-10(14(16)20)4-13(5-12)19-8-9-2-11(15)7-17-6-9/h2-7H,8H2,1H3,(H2,16,20). The van der Waals surface area contributed by atoms with Crippen LogP contribution in [0.4, 0.5) is 0 Å². The molecule has 0 saturated carbocycles. The summed E-state index contributed by atoms with van der Waals surface area (Å²) >= 11 is 8.34. The molecule has 0 atom stereocenters. The van der Waals surface area contributed by atoms with Crippen LogP contribution < -0.4 is 15.2 Å². The summed E-state index contributed by atoms with van der Waals surface area (Å²) in [6.07, 6.45) is 3.47. The summed E-state index contributed by atoms with van der Waals surface area (Å²) in [7, 11) is 1.58. The van der Waals surface area contributed by atoms with Gasteiger partial charge in [-0.05, 0) is 34.1 Å². The molecule has 0 radical (unpaired) electrons. The maximum absolute atomic E-state index is 5.72. The second-order valence-electron chi connectivity index (χ2n) is 4.06. The van der Waals surface area contributed by atoms with E-state index in [1.807, 2.05) is 6.07 Å². The summed E-state index contributed by atoms with van der Waals surface area (Å²) in [5, 5.41) is 0. The Hall–Kier alpha value is -1.66. The fourth-order valence-corrected chi connectivity index (χ4v) is 2.15. The van der Waals surface area contributed by atoms with E-state index in [1.54, 1.807) is 37.7 Å². The van der Waals surface area contributed by atoms with Gasteiger partial charge in [0.25, 0.3) is 0 Å². The number of thiocarbonyl (C=S) groups is 1. The SMILES string of the molecule is COc1cc(OCc2cncc(Br)c2)cc(C(N)=S)c1. The van der Waals surface area contributed by atoms with Crippen molar-refractivity contribution in [3.63, 3.8) is 0 Å². The van der Waals surface area contributed by atoms with Crippen LogP contribution in [0.25, 0.3) is 0 Å². The molecule has 0 bridgehead atoms. The second kappa shape index (κ2) is 6.67. The van der Waals surface area contributed by atoms with Crippen molar-refractivity contribution >= 4 is 33.1 Å². The molecule has 0 aliphatic carbocycles. The number of pyridine rings is 1. The zero-order valence-electron chi connectivity index (χ0n) is 10.8. The van der Waals surface area contributed by atoms with Gasteiger partial charge in [-0.25, -0.2) is 0 Å². The van der Waals surface area contributed by atoms with Crippen LogP contribution in [0.15, 0.2) is 41.1 Å². The zero-order chi connectivity index (χ0) is 14.5. The van der Waals surface area contributed by atoms with E-state index in [0.717, 1.165) is 10.0 Å². The van der Waals surface area contributed by atoms with Gasteiger partial charge in [-0.15, -0.1) is 0 Å². The first-order valence-electron chi connectivity index (χ1n) is 5.79. The lowest BCUT2D eigenvalue weighted by molar-refractivity contribution is 0.303. The van der Waals surface area contributed by atoms with Gasteiger partial charge in [0.1, 0.15) is 23.1 Å². The average molecular weight is 353 g/mol. The minimum atomic E-state index is 0.304. The second-order valence-corrected chi connectivity index (χ2v) is 5.42. The van der Waals surface area contributed by atoms with E-state index in [0.29, 0.717) is 28.7 Å². The molecule has 6 heteroatoms. The molecule has 0 saturated heterocycles. The topological polar surface area (TPSA) is 57.4 Å². The Bertz CT molecular complexity index is 634. The predicted octanol–water partition coefficient (Wildman–Crippen LogP) is 3.07. The number of hydrogen-bond acceptors (Lipinski definition) is 4. The van der Waals surface area contributed by atoms with E-state index in [-0.39, 0.29) is 0 Å². The quantitative estimate of drug-likeness (QED) is 0.838. The highest BCUT2D eigenvalue weighted by Crippen LogP contribution is 2.23. The number of ether oxygens (including phenoxy) is 2. The van der Waals surface area contributed by atoms with Gasteiger partial charge in [0.05, 0.1) is 7.11 Å². The van der Waals surface area contributed by atoms with Crippen LogP contribution in [0.5, 0.6) is 11.5 Å². The molecular weight excluding hydrogens is 340 g/mol. The van der Waals surface area contributed by atoms with Gasteiger partial charge in [0.15, 0.2) is 0 Å². The Morgan fingerprint density at radius 1 is 1.25 bits per heavy atom. The van der Waals surface area contributed by atoms with E-state index in [1.165, 1.54) is 0 Å². The lowest BCUT2D eigenvalue weighted by atomic mass is 10.2. The van der Waals surface area contributed by atoms with Crippen LogP contribution >= 0.6 is 28.1 Å². The highest BCUT2D eigenvalue weighted by molar-refractivity contribution is 9.10. The van der Waals surface area contributed by atoms with E-state index < -0.39 is 0 Å². The zero-order valence-corrected chi connectivity index (χ0v) is 13.2. The minimum absolute atomic E-state index is 0.304. The third kappa shape index (κ3) is 3.91. The van der Waals surface area contributed by atoms with E-state index in [4.69, 9.17) is 27.4 Å². The van der Waals surface area contributed by atoms with Gasteiger partial charge < -0.3 is 15.2 Å². The van der Waals surface area contributed by atoms with E-state index >= 15 is 0 Å². The van der Waals surface area contributed by atoms with Crippen LogP contribution in [0, 0.1) is 0 Å². The van der Waals surface area contributed by atoms with Crippen molar-refractivity contribution in [3.8, 4) is 11.5 Å². The molecule has 104 valence electrons. The molecule has 0 unspecified atom stereocenters. The summed E-state index contributed by atoms with van der Waals surface area (Å²) in [6.45, 7) is 0.399. The number of methoxy groups -OCH3 is 1. The van der Waals surface area contributed by atoms with Crippen molar-refractivity contribution in [1.29, 1.82) is 0 Å². The maximum atomic E-state index is 5.72. The smallest absolute Gasteiger partial charge is 0.124 e. The van der Waals surface area contributed by atoms with Crippen molar-refractivity contribution in [2.45, 2.75) is 6.61 Å². The minimum Gasteiger partial charge on any atom is -0.497 e. The number of aromatic nitrogens is 1. The van der Waals surface area contributed by atoms with E-state index in [9.17, 15) is 0 Å². The van der Waals surface area contributed by atoms with Crippen LogP contribution in [0.2, 0.25) is 0 Å². The van der Waals surface area contributed by atoms with E-state index in [2.05, 4.69) is 20.9 Å². The van der Waals surface area contributed by atoms with Crippen LogP contribution in [0.1, 0.15) is 11.1 Å². The summed E-state index contributed by atoms with van der Waals surface area (Å²) in [5.74, 6) is 1.30. The third-order valence-corrected chi connectivity index (χ3v) is 3.24.